The smallest absolute Gasteiger partial charge is 0.353 e. The molecule has 33 heavy (non-hydrogen) atoms. The van der Waals surface area contributed by atoms with Gasteiger partial charge in [-0.25, -0.2) is 14.0 Å². The number of esters is 1. The van der Waals surface area contributed by atoms with Gasteiger partial charge in [0.25, 0.3) is 0 Å². The Kier molecular flexibility index (Phi) is 8.69. The molecule has 1 aromatic carbocycles. The lowest BCUT2D eigenvalue weighted by molar-refractivity contribution is -0.144. The van der Waals surface area contributed by atoms with Gasteiger partial charge in [-0.3, -0.25) is 10.2 Å². The second kappa shape index (κ2) is 11.0. The summed E-state index contributed by atoms with van der Waals surface area (Å²) >= 11 is 1.13. The maximum Gasteiger partial charge on any atom is 0.353 e. The number of hydrogen-bond donors (Lipinski definition) is 4. The van der Waals surface area contributed by atoms with Gasteiger partial charge in [0.2, 0.25) is 5.91 Å². The summed E-state index contributed by atoms with van der Waals surface area (Å²) in [5.74, 6) is -3.58. The SMILES string of the molecule is CC[C@H](NC(=O)C(CC)(CC)Cc1ccc(C(=O)Oc2ccc(C(=N)N)cc2F)s1)C(=O)O. The second-order valence-electron chi connectivity index (χ2n) is 7.65. The molecule has 0 fully saturated rings. The summed E-state index contributed by atoms with van der Waals surface area (Å²) in [6, 6.07) is 5.91. The number of rotatable bonds is 11. The molecule has 0 radical (unpaired) electrons. The number of amidine groups is 1. The molecular weight excluding hydrogens is 449 g/mol. The van der Waals surface area contributed by atoms with Gasteiger partial charge < -0.3 is 20.9 Å². The van der Waals surface area contributed by atoms with Crippen molar-refractivity contribution in [2.24, 2.45) is 11.1 Å². The van der Waals surface area contributed by atoms with E-state index in [1.165, 1.54) is 12.1 Å². The molecule has 1 aromatic heterocycles. The normalized spacial score (nSPS) is 12.1. The summed E-state index contributed by atoms with van der Waals surface area (Å²) in [6.07, 6.45) is 1.55. The molecular formula is C23H28FN3O5S. The molecule has 2 rings (SSSR count). The van der Waals surface area contributed by atoms with E-state index >= 15 is 0 Å². The second-order valence-corrected chi connectivity index (χ2v) is 8.82. The fraction of sp³-hybridized carbons (Fsp3) is 0.391. The Morgan fingerprint density at radius 1 is 1.21 bits per heavy atom. The van der Waals surface area contributed by atoms with E-state index in [0.29, 0.717) is 19.3 Å². The van der Waals surface area contributed by atoms with Crippen molar-refractivity contribution in [1.29, 1.82) is 5.41 Å². The molecule has 0 saturated heterocycles. The standard InChI is InChI=1S/C23H28FN3O5S/c1-4-16(20(28)29)27-22(31)23(5-2,6-3)12-14-8-10-18(33-14)21(30)32-17-9-7-13(19(25)26)11-15(17)24/h7-11,16H,4-6,12H2,1-3H3,(H3,25,26)(H,27,31)(H,28,29)/t16-/m0/s1. The van der Waals surface area contributed by atoms with E-state index in [1.54, 1.807) is 19.1 Å². The zero-order chi connectivity index (χ0) is 24.8. The van der Waals surface area contributed by atoms with E-state index in [-0.39, 0.29) is 34.4 Å². The molecule has 0 aliphatic carbocycles. The first-order chi connectivity index (χ1) is 15.6. The van der Waals surface area contributed by atoms with Crippen LogP contribution in [-0.2, 0) is 16.0 Å². The van der Waals surface area contributed by atoms with Gasteiger partial charge in [-0.05, 0) is 56.0 Å². The van der Waals surface area contributed by atoms with E-state index in [2.05, 4.69) is 5.32 Å². The Balaban J connectivity index is 2.17. The minimum absolute atomic E-state index is 0.174. The number of carboxylic acids is 1. The molecule has 0 aliphatic rings. The number of thiophene rings is 1. The van der Waals surface area contributed by atoms with E-state index < -0.39 is 29.2 Å². The number of nitrogens with two attached hydrogens (primary N) is 1. The maximum atomic E-state index is 14.2. The molecule has 0 spiro atoms. The van der Waals surface area contributed by atoms with Crippen LogP contribution in [0.3, 0.4) is 0 Å². The number of hydrogen-bond acceptors (Lipinski definition) is 6. The van der Waals surface area contributed by atoms with Crippen molar-refractivity contribution in [3.63, 3.8) is 0 Å². The molecule has 1 amide bonds. The number of aliphatic carboxylic acids is 1. The third kappa shape index (κ3) is 6.16. The van der Waals surface area contributed by atoms with Crippen molar-refractivity contribution < 1.29 is 28.6 Å². The van der Waals surface area contributed by atoms with Crippen molar-refractivity contribution >= 4 is 35.0 Å². The maximum absolute atomic E-state index is 14.2. The van der Waals surface area contributed by atoms with E-state index in [0.717, 1.165) is 22.3 Å². The summed E-state index contributed by atoms with van der Waals surface area (Å²) in [5.41, 5.74) is 4.67. The number of benzene rings is 1. The largest absolute Gasteiger partial charge is 0.480 e. The lowest BCUT2D eigenvalue weighted by Crippen LogP contribution is -2.48. The first-order valence-corrected chi connectivity index (χ1v) is 11.4. The van der Waals surface area contributed by atoms with Gasteiger partial charge in [-0.2, -0.15) is 0 Å². The van der Waals surface area contributed by atoms with E-state index in [9.17, 15) is 23.9 Å². The van der Waals surface area contributed by atoms with Crippen LogP contribution in [0, 0.1) is 16.6 Å². The lowest BCUT2D eigenvalue weighted by atomic mass is 9.77. The van der Waals surface area contributed by atoms with Crippen LogP contribution in [0.15, 0.2) is 30.3 Å². The topological polar surface area (TPSA) is 143 Å². The van der Waals surface area contributed by atoms with Crippen LogP contribution >= 0.6 is 11.3 Å². The Bertz CT molecular complexity index is 1050. The average molecular weight is 478 g/mol. The third-order valence-electron chi connectivity index (χ3n) is 5.67. The quantitative estimate of drug-likeness (QED) is 0.168. The number of carbonyl (C=O) groups is 3. The minimum Gasteiger partial charge on any atom is -0.480 e. The molecule has 1 heterocycles. The highest BCUT2D eigenvalue weighted by molar-refractivity contribution is 7.14. The monoisotopic (exact) mass is 477 g/mol. The van der Waals surface area contributed by atoms with Crippen molar-refractivity contribution in [2.75, 3.05) is 0 Å². The van der Waals surface area contributed by atoms with E-state index in [1.807, 2.05) is 13.8 Å². The summed E-state index contributed by atoms with van der Waals surface area (Å²) in [6.45, 7) is 5.41. The molecule has 10 heteroatoms. The fourth-order valence-electron chi connectivity index (χ4n) is 3.37. The van der Waals surface area contributed by atoms with Crippen LogP contribution in [0.5, 0.6) is 5.75 Å². The number of halogens is 1. The molecule has 0 unspecified atom stereocenters. The minimum atomic E-state index is -1.09. The Morgan fingerprint density at radius 3 is 2.39 bits per heavy atom. The molecule has 0 bridgehead atoms. The summed E-state index contributed by atoms with van der Waals surface area (Å²) in [5, 5.41) is 19.2. The van der Waals surface area contributed by atoms with Gasteiger partial charge in [0, 0.05) is 10.4 Å². The highest BCUT2D eigenvalue weighted by Gasteiger charge is 2.37. The van der Waals surface area contributed by atoms with Crippen molar-refractivity contribution in [1.82, 2.24) is 5.32 Å². The molecule has 8 nitrogen and oxygen atoms in total. The van der Waals surface area contributed by atoms with Crippen LogP contribution in [0.25, 0.3) is 0 Å². The Labute approximate surface area is 195 Å². The van der Waals surface area contributed by atoms with E-state index in [4.69, 9.17) is 15.9 Å². The predicted octanol–water partition coefficient (Wildman–Crippen LogP) is 3.72. The van der Waals surface area contributed by atoms with Gasteiger partial charge in [0.15, 0.2) is 11.6 Å². The Hall–Kier alpha value is -3.27. The first-order valence-electron chi connectivity index (χ1n) is 10.5. The van der Waals surface area contributed by atoms with Crippen LogP contribution < -0.4 is 15.8 Å². The first kappa shape index (κ1) is 26.0. The fourth-order valence-corrected chi connectivity index (χ4v) is 4.40. The molecule has 1 atom stereocenters. The molecule has 2 aromatic rings. The highest BCUT2D eigenvalue weighted by atomic mass is 32.1. The van der Waals surface area contributed by atoms with Crippen LogP contribution in [0.2, 0.25) is 0 Å². The number of nitrogens with one attached hydrogen (secondary N) is 2. The van der Waals surface area contributed by atoms with Crippen LogP contribution in [0.1, 0.15) is 60.1 Å². The Morgan fingerprint density at radius 2 is 1.88 bits per heavy atom. The predicted molar refractivity (Wildman–Crippen MR) is 123 cm³/mol. The molecule has 0 aliphatic heterocycles. The number of carbonyl (C=O) groups excluding carboxylic acids is 2. The number of nitrogen functional groups attached to an aromatic ring is 1. The average Bonchev–Trinajstić information content (AvgIpc) is 3.25. The van der Waals surface area contributed by atoms with Gasteiger partial charge >= 0.3 is 11.9 Å². The zero-order valence-corrected chi connectivity index (χ0v) is 19.6. The molecule has 0 saturated carbocycles. The van der Waals surface area contributed by atoms with Gasteiger partial charge in [0.05, 0.1) is 5.41 Å². The van der Waals surface area contributed by atoms with Gasteiger partial charge in [0.1, 0.15) is 16.8 Å². The van der Waals surface area contributed by atoms with Gasteiger partial charge in [-0.1, -0.05) is 20.8 Å². The highest BCUT2D eigenvalue weighted by Crippen LogP contribution is 2.34. The number of amides is 1. The zero-order valence-electron chi connectivity index (χ0n) is 18.7. The van der Waals surface area contributed by atoms with Gasteiger partial charge in [-0.15, -0.1) is 11.3 Å². The van der Waals surface area contributed by atoms with Crippen LogP contribution in [0.4, 0.5) is 4.39 Å². The van der Waals surface area contributed by atoms with Crippen molar-refractivity contribution in [2.45, 2.75) is 52.5 Å². The summed E-state index contributed by atoms with van der Waals surface area (Å²) in [7, 11) is 0. The summed E-state index contributed by atoms with van der Waals surface area (Å²) in [4.78, 5) is 37.8. The molecule has 178 valence electrons. The van der Waals surface area contributed by atoms with Crippen molar-refractivity contribution in [3.05, 3.63) is 51.5 Å². The lowest BCUT2D eigenvalue weighted by Gasteiger charge is -2.31. The number of ether oxygens (including phenoxy) is 1. The molecule has 5 N–H and O–H groups in total. The number of carboxylic acid groups (broad SMARTS) is 1. The summed E-state index contributed by atoms with van der Waals surface area (Å²) < 4.78 is 19.3. The van der Waals surface area contributed by atoms with Crippen molar-refractivity contribution in [3.8, 4) is 5.75 Å². The van der Waals surface area contributed by atoms with Crippen LogP contribution in [-0.4, -0.2) is 34.8 Å². The third-order valence-corrected chi connectivity index (χ3v) is 6.73.